The van der Waals surface area contributed by atoms with Crippen molar-refractivity contribution in [3.05, 3.63) is 100 Å². The Morgan fingerprint density at radius 3 is 2.19 bits per heavy atom. The lowest BCUT2D eigenvalue weighted by molar-refractivity contribution is -0.384. The van der Waals surface area contributed by atoms with Crippen LogP contribution in [0.5, 0.6) is 5.75 Å². The second-order valence-electron chi connectivity index (χ2n) is 7.99. The molecule has 0 aliphatic carbocycles. The summed E-state index contributed by atoms with van der Waals surface area (Å²) in [5, 5.41) is 10.7. The van der Waals surface area contributed by atoms with E-state index in [0.717, 1.165) is 0 Å². The van der Waals surface area contributed by atoms with E-state index in [4.69, 9.17) is 9.47 Å². The van der Waals surface area contributed by atoms with Crippen LogP contribution in [0.2, 0.25) is 0 Å². The van der Waals surface area contributed by atoms with E-state index in [2.05, 4.69) is 0 Å². The Kier molecular flexibility index (Phi) is 7.15. The van der Waals surface area contributed by atoms with Crippen LogP contribution in [-0.4, -0.2) is 41.7 Å². The van der Waals surface area contributed by atoms with E-state index in [9.17, 15) is 29.3 Å². The zero-order valence-electron chi connectivity index (χ0n) is 18.9. The van der Waals surface area contributed by atoms with Crippen LogP contribution < -0.4 is 9.64 Å². The lowest BCUT2D eigenvalue weighted by Gasteiger charge is -2.16. The molecule has 0 N–H and O–H groups in total. The van der Waals surface area contributed by atoms with Crippen LogP contribution >= 0.6 is 0 Å². The first-order chi connectivity index (χ1) is 17.3. The molecule has 182 valence electrons. The molecule has 4 rings (SSSR count). The first-order valence-corrected chi connectivity index (χ1v) is 10.9. The number of carbonyl (C=O) groups is 4. The molecule has 1 aliphatic heterocycles. The van der Waals surface area contributed by atoms with E-state index >= 15 is 0 Å². The summed E-state index contributed by atoms with van der Waals surface area (Å²) in [7, 11) is 0. The minimum atomic E-state index is -0.714. The van der Waals surface area contributed by atoms with Crippen molar-refractivity contribution >= 4 is 35.0 Å². The molecule has 10 nitrogen and oxygen atoms in total. The number of ether oxygens (including phenoxy) is 2. The van der Waals surface area contributed by atoms with Crippen molar-refractivity contribution in [3.8, 4) is 5.75 Å². The van der Waals surface area contributed by atoms with E-state index in [-0.39, 0.29) is 41.4 Å². The van der Waals surface area contributed by atoms with E-state index in [0.29, 0.717) is 5.69 Å². The zero-order valence-corrected chi connectivity index (χ0v) is 18.9. The topological polar surface area (TPSA) is 133 Å². The molecule has 3 aromatic rings. The number of benzene rings is 3. The van der Waals surface area contributed by atoms with Crippen LogP contribution in [-0.2, 0) is 14.3 Å². The van der Waals surface area contributed by atoms with E-state index < -0.39 is 35.2 Å². The van der Waals surface area contributed by atoms with Crippen molar-refractivity contribution in [2.75, 3.05) is 18.1 Å². The number of anilines is 1. The van der Waals surface area contributed by atoms with Crippen molar-refractivity contribution < 1.29 is 33.6 Å². The number of hydrogen-bond donors (Lipinski definition) is 0. The Hall–Kier alpha value is -4.86. The Morgan fingerprint density at radius 1 is 0.917 bits per heavy atom. The summed E-state index contributed by atoms with van der Waals surface area (Å²) in [5.74, 6) is -2.48. The third-order valence-corrected chi connectivity index (χ3v) is 5.57. The number of esters is 2. The third kappa shape index (κ3) is 5.61. The molecule has 1 unspecified atom stereocenters. The van der Waals surface area contributed by atoms with Gasteiger partial charge in [-0.2, -0.15) is 0 Å². The number of amides is 1. The summed E-state index contributed by atoms with van der Waals surface area (Å²) in [4.78, 5) is 61.0. The van der Waals surface area contributed by atoms with Crippen molar-refractivity contribution in [3.63, 3.8) is 0 Å². The quantitative estimate of drug-likeness (QED) is 0.154. The molecule has 1 heterocycles. The van der Waals surface area contributed by atoms with Gasteiger partial charge in [-0.3, -0.25) is 24.5 Å². The molecule has 0 radical (unpaired) electrons. The molecule has 1 amide bonds. The normalized spacial score (nSPS) is 14.8. The minimum absolute atomic E-state index is 0.0107. The third-order valence-electron chi connectivity index (χ3n) is 5.57. The Bertz CT molecular complexity index is 1300. The number of carbonyl (C=O) groups excluding carboxylic acids is 4. The second-order valence-corrected chi connectivity index (χ2v) is 7.99. The number of hydrogen-bond acceptors (Lipinski definition) is 8. The van der Waals surface area contributed by atoms with Crippen LogP contribution in [0.15, 0.2) is 78.9 Å². The minimum Gasteiger partial charge on any atom is -0.457 e. The van der Waals surface area contributed by atoms with Gasteiger partial charge in [0, 0.05) is 36.3 Å². The SMILES string of the molecule is O=C(COC(=O)C1CC(=O)N(c2ccccc2)C1)c1ccc(OC(=O)c2ccc([N+](=O)[O-])cc2)cc1. The summed E-state index contributed by atoms with van der Waals surface area (Å²) >= 11 is 0. The van der Waals surface area contributed by atoms with Gasteiger partial charge in [0.05, 0.1) is 16.4 Å². The standard InChI is InChI=1S/C26H20N2O8/c29-23(16-35-25(31)19-14-24(30)27(15-19)20-4-2-1-3-5-20)17-8-12-22(13-9-17)36-26(32)18-6-10-21(11-7-18)28(33)34/h1-13,19H,14-16H2. The van der Waals surface area contributed by atoms with Crippen LogP contribution in [0.4, 0.5) is 11.4 Å². The van der Waals surface area contributed by atoms with Gasteiger partial charge < -0.3 is 14.4 Å². The van der Waals surface area contributed by atoms with E-state index in [1.807, 2.05) is 6.07 Å². The van der Waals surface area contributed by atoms with Gasteiger partial charge in [-0.05, 0) is 48.5 Å². The molecule has 36 heavy (non-hydrogen) atoms. The number of non-ortho nitro benzene ring substituents is 1. The fourth-order valence-corrected chi connectivity index (χ4v) is 3.65. The van der Waals surface area contributed by atoms with Gasteiger partial charge >= 0.3 is 11.9 Å². The maximum absolute atomic E-state index is 12.4. The highest BCUT2D eigenvalue weighted by Crippen LogP contribution is 2.25. The summed E-state index contributed by atoms with van der Waals surface area (Å²) in [6.07, 6.45) is 0.0107. The van der Waals surface area contributed by atoms with Gasteiger partial charge in [-0.25, -0.2) is 4.79 Å². The second kappa shape index (κ2) is 10.6. The maximum Gasteiger partial charge on any atom is 0.343 e. The Balaban J connectivity index is 1.28. The number of nitro benzene ring substituents is 1. The first-order valence-electron chi connectivity index (χ1n) is 10.9. The average Bonchev–Trinajstić information content (AvgIpc) is 3.29. The molecular formula is C26H20N2O8. The molecule has 3 aromatic carbocycles. The number of para-hydroxylation sites is 1. The van der Waals surface area contributed by atoms with Crippen molar-refractivity contribution in [2.24, 2.45) is 5.92 Å². The molecule has 0 bridgehead atoms. The van der Waals surface area contributed by atoms with Gasteiger partial charge in [0.2, 0.25) is 5.91 Å². The van der Waals surface area contributed by atoms with Gasteiger partial charge in [-0.1, -0.05) is 18.2 Å². The van der Waals surface area contributed by atoms with E-state index in [1.54, 1.807) is 24.3 Å². The summed E-state index contributed by atoms with van der Waals surface area (Å²) in [5.41, 5.74) is 0.918. The highest BCUT2D eigenvalue weighted by atomic mass is 16.6. The number of rotatable bonds is 8. The van der Waals surface area contributed by atoms with Crippen LogP contribution in [0.1, 0.15) is 27.1 Å². The number of nitro groups is 1. The smallest absolute Gasteiger partial charge is 0.343 e. The van der Waals surface area contributed by atoms with Gasteiger partial charge in [-0.15, -0.1) is 0 Å². The average molecular weight is 488 g/mol. The highest BCUT2D eigenvalue weighted by Gasteiger charge is 2.36. The van der Waals surface area contributed by atoms with Gasteiger partial charge in [0.25, 0.3) is 5.69 Å². The highest BCUT2D eigenvalue weighted by molar-refractivity contribution is 6.01. The van der Waals surface area contributed by atoms with Crippen LogP contribution in [0.3, 0.4) is 0 Å². The number of nitrogens with zero attached hydrogens (tertiary/aromatic N) is 2. The molecule has 0 spiro atoms. The summed E-state index contributed by atoms with van der Waals surface area (Å²) < 4.78 is 10.4. The molecule has 1 aliphatic rings. The molecular weight excluding hydrogens is 468 g/mol. The lowest BCUT2D eigenvalue weighted by Crippen LogP contribution is -2.27. The maximum atomic E-state index is 12.4. The Morgan fingerprint density at radius 2 is 1.56 bits per heavy atom. The van der Waals surface area contributed by atoms with Crippen LogP contribution in [0, 0.1) is 16.0 Å². The van der Waals surface area contributed by atoms with Crippen LogP contribution in [0.25, 0.3) is 0 Å². The van der Waals surface area contributed by atoms with Crippen molar-refractivity contribution in [1.29, 1.82) is 0 Å². The number of Topliss-reactive ketones (excluding diaryl/α,β-unsaturated/α-hetero) is 1. The lowest BCUT2D eigenvalue weighted by atomic mass is 10.1. The fourth-order valence-electron chi connectivity index (χ4n) is 3.65. The molecule has 1 atom stereocenters. The number of ketones is 1. The molecule has 1 fully saturated rings. The summed E-state index contributed by atoms with van der Waals surface area (Å²) in [6, 6.07) is 19.6. The predicted molar refractivity (Wildman–Crippen MR) is 127 cm³/mol. The monoisotopic (exact) mass is 488 g/mol. The summed E-state index contributed by atoms with van der Waals surface area (Å²) in [6.45, 7) is -0.304. The fraction of sp³-hybridized carbons (Fsp3) is 0.154. The molecule has 1 saturated heterocycles. The largest absolute Gasteiger partial charge is 0.457 e. The predicted octanol–water partition coefficient (Wildman–Crippen LogP) is 3.59. The Labute approximate surface area is 205 Å². The zero-order chi connectivity index (χ0) is 25.7. The molecule has 0 saturated carbocycles. The molecule has 10 heteroatoms. The van der Waals surface area contributed by atoms with Crippen molar-refractivity contribution in [2.45, 2.75) is 6.42 Å². The molecule has 0 aromatic heterocycles. The first kappa shape index (κ1) is 24.3. The van der Waals surface area contributed by atoms with Gasteiger partial charge in [0.1, 0.15) is 5.75 Å². The van der Waals surface area contributed by atoms with Crippen molar-refractivity contribution in [1.82, 2.24) is 0 Å². The van der Waals surface area contributed by atoms with E-state index in [1.165, 1.54) is 53.4 Å². The van der Waals surface area contributed by atoms with Gasteiger partial charge in [0.15, 0.2) is 12.4 Å².